The molecule has 1 N–H and O–H groups in total. The van der Waals surface area contributed by atoms with E-state index in [1.54, 1.807) is 18.0 Å². The zero-order valence-electron chi connectivity index (χ0n) is 11.9. The highest BCUT2D eigenvalue weighted by atomic mass is 32.2. The van der Waals surface area contributed by atoms with Crippen molar-refractivity contribution in [1.82, 2.24) is 10.3 Å². The first kappa shape index (κ1) is 14.2. The maximum absolute atomic E-state index is 11.9. The normalized spacial score (nSPS) is 15.7. The van der Waals surface area contributed by atoms with Crippen molar-refractivity contribution >= 4 is 17.7 Å². The van der Waals surface area contributed by atoms with Crippen molar-refractivity contribution in [2.24, 2.45) is 0 Å². The molecule has 4 nitrogen and oxygen atoms in total. The molecule has 0 bridgehead atoms. The summed E-state index contributed by atoms with van der Waals surface area (Å²) >= 11 is 1.58. The molecular weight excluding hydrogens is 284 g/mol. The monoisotopic (exact) mass is 302 g/mol. The number of hydrogen-bond acceptors (Lipinski definition) is 4. The van der Waals surface area contributed by atoms with E-state index in [4.69, 9.17) is 4.42 Å². The van der Waals surface area contributed by atoms with E-state index in [9.17, 15) is 4.79 Å². The fourth-order valence-electron chi connectivity index (χ4n) is 1.92. The summed E-state index contributed by atoms with van der Waals surface area (Å²) in [6.07, 6.45) is 3.90. The maximum atomic E-state index is 11.9. The number of carbonyl (C=O) groups is 1. The molecule has 0 spiro atoms. The van der Waals surface area contributed by atoms with Gasteiger partial charge in [0.05, 0.1) is 10.9 Å². The molecule has 1 saturated carbocycles. The highest BCUT2D eigenvalue weighted by Gasteiger charge is 2.25. The van der Waals surface area contributed by atoms with Crippen LogP contribution in [0.3, 0.4) is 0 Å². The quantitative estimate of drug-likeness (QED) is 0.890. The van der Waals surface area contributed by atoms with Crippen molar-refractivity contribution in [2.45, 2.75) is 36.8 Å². The molecule has 2 aromatic rings. The molecule has 0 radical (unpaired) electrons. The van der Waals surface area contributed by atoms with E-state index >= 15 is 0 Å². The van der Waals surface area contributed by atoms with E-state index in [-0.39, 0.29) is 11.2 Å². The summed E-state index contributed by atoms with van der Waals surface area (Å²) < 4.78 is 5.49. The van der Waals surface area contributed by atoms with Crippen LogP contribution >= 0.6 is 11.8 Å². The summed E-state index contributed by atoms with van der Waals surface area (Å²) in [5.74, 6) is 1.42. The van der Waals surface area contributed by atoms with Gasteiger partial charge in [-0.3, -0.25) is 4.79 Å². The Bertz CT molecular complexity index is 608. The fourth-order valence-corrected chi connectivity index (χ4v) is 2.69. The number of rotatable bonds is 6. The van der Waals surface area contributed by atoms with Crippen molar-refractivity contribution in [1.29, 1.82) is 0 Å². The van der Waals surface area contributed by atoms with E-state index < -0.39 is 0 Å². The van der Waals surface area contributed by atoms with Crippen LogP contribution in [0, 0.1) is 0 Å². The Morgan fingerprint density at radius 1 is 1.43 bits per heavy atom. The Morgan fingerprint density at radius 3 is 2.90 bits per heavy atom. The number of nitrogens with one attached hydrogen (secondary N) is 1. The first-order valence-corrected chi connectivity index (χ1v) is 8.19. The molecule has 3 rings (SSSR count). The highest BCUT2D eigenvalue weighted by molar-refractivity contribution is 7.99. The largest absolute Gasteiger partial charge is 0.444 e. The third kappa shape index (κ3) is 3.88. The van der Waals surface area contributed by atoms with Gasteiger partial charge in [-0.25, -0.2) is 4.98 Å². The Balaban J connectivity index is 1.53. The van der Waals surface area contributed by atoms with Crippen molar-refractivity contribution in [2.75, 3.05) is 0 Å². The van der Waals surface area contributed by atoms with Crippen LogP contribution in [0.4, 0.5) is 0 Å². The third-order valence-corrected chi connectivity index (χ3v) is 4.52. The van der Waals surface area contributed by atoms with Gasteiger partial charge in [-0.2, -0.15) is 0 Å². The van der Waals surface area contributed by atoms with Gasteiger partial charge in [-0.1, -0.05) is 18.2 Å². The maximum Gasteiger partial charge on any atom is 0.233 e. The number of aromatic nitrogens is 1. The van der Waals surface area contributed by atoms with Crippen molar-refractivity contribution in [3.05, 3.63) is 42.3 Å². The zero-order valence-corrected chi connectivity index (χ0v) is 12.7. The molecule has 1 heterocycles. The average Bonchev–Trinajstić information content (AvgIpc) is 3.20. The van der Waals surface area contributed by atoms with Crippen LogP contribution in [-0.4, -0.2) is 22.2 Å². The molecule has 1 fully saturated rings. The van der Waals surface area contributed by atoms with E-state index in [1.807, 2.05) is 37.3 Å². The summed E-state index contributed by atoms with van der Waals surface area (Å²) in [4.78, 5) is 16.3. The summed E-state index contributed by atoms with van der Waals surface area (Å²) in [6.45, 7) is 1.93. The Hall–Kier alpha value is -1.75. The Morgan fingerprint density at radius 2 is 2.19 bits per heavy atom. The van der Waals surface area contributed by atoms with Crippen LogP contribution < -0.4 is 5.32 Å². The van der Waals surface area contributed by atoms with E-state index in [1.165, 1.54) is 0 Å². The first-order chi connectivity index (χ1) is 10.2. The number of oxazole rings is 1. The molecule has 1 unspecified atom stereocenters. The lowest BCUT2D eigenvalue weighted by molar-refractivity contribution is -0.120. The number of carbonyl (C=O) groups excluding carboxylic acids is 1. The molecule has 0 aliphatic heterocycles. The van der Waals surface area contributed by atoms with Crippen molar-refractivity contribution < 1.29 is 9.21 Å². The molecule has 1 aliphatic rings. The minimum Gasteiger partial charge on any atom is -0.444 e. The molecule has 21 heavy (non-hydrogen) atoms. The van der Waals surface area contributed by atoms with E-state index in [0.717, 1.165) is 24.1 Å². The summed E-state index contributed by atoms with van der Waals surface area (Å²) in [6, 6.07) is 10.2. The molecule has 1 amide bonds. The number of thioether (sulfide) groups is 1. The average molecular weight is 302 g/mol. The topological polar surface area (TPSA) is 55.1 Å². The second-order valence-electron chi connectivity index (χ2n) is 5.25. The van der Waals surface area contributed by atoms with Crippen LogP contribution in [0.2, 0.25) is 0 Å². The minimum absolute atomic E-state index is 0.0672. The molecule has 5 heteroatoms. The Kier molecular flexibility index (Phi) is 4.29. The van der Waals surface area contributed by atoms with Crippen molar-refractivity contribution in [3.8, 4) is 11.5 Å². The molecule has 1 aromatic carbocycles. The van der Waals surface area contributed by atoms with Gasteiger partial charge in [0.15, 0.2) is 0 Å². The predicted molar refractivity (Wildman–Crippen MR) is 83.9 cm³/mol. The van der Waals surface area contributed by atoms with Crippen LogP contribution in [0.1, 0.15) is 25.5 Å². The van der Waals surface area contributed by atoms with Gasteiger partial charge in [0.2, 0.25) is 11.8 Å². The van der Waals surface area contributed by atoms with E-state index in [0.29, 0.717) is 17.7 Å². The van der Waals surface area contributed by atoms with Gasteiger partial charge >= 0.3 is 0 Å². The molecule has 1 aliphatic carbocycles. The van der Waals surface area contributed by atoms with Gasteiger partial charge in [0, 0.05) is 17.4 Å². The second kappa shape index (κ2) is 6.35. The summed E-state index contributed by atoms with van der Waals surface area (Å²) in [5, 5.41) is 2.95. The van der Waals surface area contributed by atoms with Gasteiger partial charge in [-0.05, 0) is 31.9 Å². The number of nitrogens with zero attached hydrogens (tertiary/aromatic N) is 1. The lowest BCUT2D eigenvalue weighted by Gasteiger charge is -2.10. The predicted octanol–water partition coefficient (Wildman–Crippen LogP) is 3.24. The van der Waals surface area contributed by atoms with Crippen LogP contribution in [0.25, 0.3) is 11.5 Å². The fraction of sp³-hybridized carbons (Fsp3) is 0.375. The lowest BCUT2D eigenvalue weighted by atomic mass is 10.2. The standard InChI is InChI=1S/C16H18N2O2S/c1-11(15(19)17-13-7-8-13)21-10-14-9-20-16(18-14)12-5-3-2-4-6-12/h2-6,9,11,13H,7-8,10H2,1H3,(H,17,19). The zero-order chi connectivity index (χ0) is 14.7. The highest BCUT2D eigenvalue weighted by Crippen LogP contribution is 2.24. The van der Waals surface area contributed by atoms with Gasteiger partial charge in [-0.15, -0.1) is 11.8 Å². The van der Waals surface area contributed by atoms with E-state index in [2.05, 4.69) is 10.3 Å². The Labute approximate surface area is 128 Å². The van der Waals surface area contributed by atoms with Gasteiger partial charge in [0.25, 0.3) is 0 Å². The second-order valence-corrected chi connectivity index (χ2v) is 6.58. The van der Waals surface area contributed by atoms with Crippen LogP contribution in [0.15, 0.2) is 41.0 Å². The number of hydrogen-bond donors (Lipinski definition) is 1. The number of amides is 1. The van der Waals surface area contributed by atoms with Gasteiger partial charge < -0.3 is 9.73 Å². The lowest BCUT2D eigenvalue weighted by Crippen LogP contribution is -2.32. The summed E-state index contributed by atoms with van der Waals surface area (Å²) in [5.41, 5.74) is 1.83. The third-order valence-electron chi connectivity index (χ3n) is 3.35. The molecule has 1 aromatic heterocycles. The molecule has 0 saturated heterocycles. The van der Waals surface area contributed by atoms with Crippen molar-refractivity contribution in [3.63, 3.8) is 0 Å². The summed E-state index contributed by atoms with van der Waals surface area (Å²) in [7, 11) is 0. The van der Waals surface area contributed by atoms with Gasteiger partial charge in [0.1, 0.15) is 6.26 Å². The molecule has 1 atom stereocenters. The molecule has 110 valence electrons. The van der Waals surface area contributed by atoms with Crippen LogP contribution in [0.5, 0.6) is 0 Å². The first-order valence-electron chi connectivity index (χ1n) is 7.14. The van der Waals surface area contributed by atoms with Crippen LogP contribution in [-0.2, 0) is 10.5 Å². The SMILES string of the molecule is CC(SCc1coc(-c2ccccc2)n1)C(=O)NC1CC1. The smallest absolute Gasteiger partial charge is 0.233 e. The minimum atomic E-state index is -0.0672. The number of benzene rings is 1. The molecular formula is C16H18N2O2S.